The Hall–Kier alpha value is -2.47. The number of amides is 1. The van der Waals surface area contributed by atoms with Crippen molar-refractivity contribution in [2.24, 2.45) is 5.73 Å². The van der Waals surface area contributed by atoms with Gasteiger partial charge >= 0.3 is 0 Å². The normalized spacial score (nSPS) is 19.8. The zero-order valence-corrected chi connectivity index (χ0v) is 15.6. The van der Waals surface area contributed by atoms with Crippen LogP contribution in [0.2, 0.25) is 0 Å². The Morgan fingerprint density at radius 3 is 2.54 bits per heavy atom. The number of aromatic nitrogens is 2. The van der Waals surface area contributed by atoms with Crippen LogP contribution in [0.3, 0.4) is 0 Å². The van der Waals surface area contributed by atoms with E-state index in [1.807, 2.05) is 31.2 Å². The molecular weight excluding hydrogens is 326 g/mol. The summed E-state index contributed by atoms with van der Waals surface area (Å²) in [5, 5.41) is 11.4. The minimum Gasteiger partial charge on any atom is -0.351 e. The maximum absolute atomic E-state index is 12.4. The average Bonchev–Trinajstić information content (AvgIpc) is 2.96. The van der Waals surface area contributed by atoms with E-state index >= 15 is 0 Å². The number of hydrogen-bond acceptors (Lipinski definition) is 5. The topological polar surface area (TPSA) is 84.1 Å². The molecule has 0 unspecified atom stereocenters. The summed E-state index contributed by atoms with van der Waals surface area (Å²) in [6, 6.07) is 11.9. The molecule has 1 aromatic heterocycles. The second kappa shape index (κ2) is 7.83. The highest BCUT2D eigenvalue weighted by atomic mass is 16.1. The van der Waals surface area contributed by atoms with E-state index in [4.69, 9.17) is 5.73 Å². The molecule has 0 radical (unpaired) electrons. The fourth-order valence-electron chi connectivity index (χ4n) is 3.19. The van der Waals surface area contributed by atoms with Gasteiger partial charge in [0, 0.05) is 19.1 Å². The summed E-state index contributed by atoms with van der Waals surface area (Å²) >= 11 is 0. The van der Waals surface area contributed by atoms with Crippen molar-refractivity contribution in [2.75, 3.05) is 18.0 Å². The predicted molar refractivity (Wildman–Crippen MR) is 103 cm³/mol. The molecule has 26 heavy (non-hydrogen) atoms. The summed E-state index contributed by atoms with van der Waals surface area (Å²) in [4.78, 5) is 14.5. The molecule has 6 heteroatoms. The number of hydrogen-bond donors (Lipinski definition) is 2. The highest BCUT2D eigenvalue weighted by molar-refractivity contribution is 5.79. The Bertz CT molecular complexity index is 742. The van der Waals surface area contributed by atoms with Crippen LogP contribution in [-0.2, 0) is 11.2 Å². The molecule has 3 N–H and O–H groups in total. The lowest BCUT2D eigenvalue weighted by atomic mass is 10.0. The molecule has 1 fully saturated rings. The first-order valence-electron chi connectivity index (χ1n) is 9.11. The van der Waals surface area contributed by atoms with Crippen molar-refractivity contribution < 1.29 is 4.79 Å². The first-order valence-corrected chi connectivity index (χ1v) is 9.11. The van der Waals surface area contributed by atoms with E-state index in [2.05, 4.69) is 46.4 Å². The van der Waals surface area contributed by atoms with Gasteiger partial charge in [0.05, 0.1) is 18.2 Å². The van der Waals surface area contributed by atoms with Crippen LogP contribution in [0.5, 0.6) is 0 Å². The Labute approximate surface area is 154 Å². The van der Waals surface area contributed by atoms with Gasteiger partial charge in [-0.25, -0.2) is 0 Å². The van der Waals surface area contributed by atoms with Crippen LogP contribution in [0.1, 0.15) is 36.6 Å². The first-order chi connectivity index (χ1) is 12.4. The van der Waals surface area contributed by atoms with Crippen LogP contribution in [0, 0.1) is 6.92 Å². The van der Waals surface area contributed by atoms with E-state index < -0.39 is 0 Å². The molecule has 0 spiro atoms. The minimum atomic E-state index is -0.120. The molecular formula is C20H27N5O. The van der Waals surface area contributed by atoms with Crippen molar-refractivity contribution in [3.8, 4) is 0 Å². The van der Waals surface area contributed by atoms with Gasteiger partial charge in [0.25, 0.3) is 0 Å². The zero-order valence-electron chi connectivity index (χ0n) is 15.6. The van der Waals surface area contributed by atoms with Gasteiger partial charge in [-0.05, 0) is 36.1 Å². The highest BCUT2D eigenvalue weighted by Crippen LogP contribution is 2.18. The summed E-state index contributed by atoms with van der Waals surface area (Å²) in [6.45, 7) is 7.53. The first kappa shape index (κ1) is 18.3. The average molecular weight is 353 g/mol. The summed E-state index contributed by atoms with van der Waals surface area (Å²) in [7, 11) is 0. The minimum absolute atomic E-state index is 0.000382. The van der Waals surface area contributed by atoms with E-state index in [1.165, 1.54) is 5.56 Å². The van der Waals surface area contributed by atoms with E-state index in [1.54, 1.807) is 0 Å². The number of aryl methyl sites for hydroxylation is 1. The van der Waals surface area contributed by atoms with Crippen molar-refractivity contribution in [2.45, 2.75) is 45.2 Å². The Balaban J connectivity index is 1.56. The number of anilines is 1. The van der Waals surface area contributed by atoms with Crippen molar-refractivity contribution in [3.63, 3.8) is 0 Å². The van der Waals surface area contributed by atoms with Crippen LogP contribution >= 0.6 is 0 Å². The fraction of sp³-hybridized carbons (Fsp3) is 0.450. The molecule has 0 bridgehead atoms. The van der Waals surface area contributed by atoms with Gasteiger partial charge < -0.3 is 16.0 Å². The molecule has 1 aliphatic rings. The Morgan fingerprint density at radius 2 is 1.92 bits per heavy atom. The number of carbonyl (C=O) groups is 1. The van der Waals surface area contributed by atoms with Gasteiger partial charge in [0.1, 0.15) is 0 Å². The predicted octanol–water partition coefficient (Wildman–Crippen LogP) is 1.78. The molecule has 2 heterocycles. The molecule has 2 aromatic rings. The lowest BCUT2D eigenvalue weighted by Crippen LogP contribution is -2.47. The molecule has 138 valence electrons. The lowest BCUT2D eigenvalue weighted by Gasteiger charge is -2.17. The summed E-state index contributed by atoms with van der Waals surface area (Å²) < 4.78 is 0. The van der Waals surface area contributed by atoms with Crippen LogP contribution in [0.4, 0.5) is 5.82 Å². The standard InChI is InChI=1S/C20H27N5O/c1-13(2)16-7-5-15(6-8-16)10-20(26)22-18-12-25(11-17(18)21)19-9-4-14(3)23-24-19/h4-9,13,17-18H,10-12,21H2,1-3H3,(H,22,26)/t17-,18-/m1/s1. The SMILES string of the molecule is Cc1ccc(N2C[C@@H](N)[C@H](NC(=O)Cc3ccc(C(C)C)cc3)C2)nn1. The Morgan fingerprint density at radius 1 is 1.19 bits per heavy atom. The highest BCUT2D eigenvalue weighted by Gasteiger charge is 2.32. The van der Waals surface area contributed by atoms with Crippen molar-refractivity contribution in [1.82, 2.24) is 15.5 Å². The third-order valence-corrected chi connectivity index (χ3v) is 4.83. The van der Waals surface area contributed by atoms with Crippen LogP contribution in [-0.4, -0.2) is 41.3 Å². The molecule has 1 amide bonds. The molecule has 0 saturated carbocycles. The van der Waals surface area contributed by atoms with Crippen molar-refractivity contribution >= 4 is 11.7 Å². The number of rotatable bonds is 5. The molecule has 0 aliphatic carbocycles. The van der Waals surface area contributed by atoms with E-state index in [-0.39, 0.29) is 18.0 Å². The summed E-state index contributed by atoms with van der Waals surface area (Å²) in [6.07, 6.45) is 0.367. The monoisotopic (exact) mass is 353 g/mol. The van der Waals surface area contributed by atoms with Gasteiger partial charge in [-0.1, -0.05) is 38.1 Å². The molecule has 3 rings (SSSR count). The number of nitrogens with zero attached hydrogens (tertiary/aromatic N) is 3. The molecule has 1 aromatic carbocycles. The summed E-state index contributed by atoms with van der Waals surface area (Å²) in [5.74, 6) is 1.29. The Kier molecular flexibility index (Phi) is 5.52. The smallest absolute Gasteiger partial charge is 0.224 e. The number of benzene rings is 1. The largest absolute Gasteiger partial charge is 0.351 e. The molecule has 1 saturated heterocycles. The zero-order chi connectivity index (χ0) is 18.7. The number of carbonyl (C=O) groups excluding carboxylic acids is 1. The maximum atomic E-state index is 12.4. The fourth-order valence-corrected chi connectivity index (χ4v) is 3.19. The quantitative estimate of drug-likeness (QED) is 0.856. The third-order valence-electron chi connectivity index (χ3n) is 4.83. The van der Waals surface area contributed by atoms with Crippen molar-refractivity contribution in [3.05, 3.63) is 53.2 Å². The van der Waals surface area contributed by atoms with Crippen LogP contribution in [0.15, 0.2) is 36.4 Å². The van der Waals surface area contributed by atoms with E-state index in [9.17, 15) is 4.79 Å². The lowest BCUT2D eigenvalue weighted by molar-refractivity contribution is -0.121. The molecule has 6 nitrogen and oxygen atoms in total. The van der Waals surface area contributed by atoms with Crippen LogP contribution in [0.25, 0.3) is 0 Å². The van der Waals surface area contributed by atoms with Crippen LogP contribution < -0.4 is 16.0 Å². The van der Waals surface area contributed by atoms with Gasteiger partial charge in [-0.15, -0.1) is 5.10 Å². The van der Waals surface area contributed by atoms with Gasteiger partial charge in [0.2, 0.25) is 5.91 Å². The van der Waals surface area contributed by atoms with E-state index in [0.29, 0.717) is 25.4 Å². The molecule has 1 aliphatic heterocycles. The van der Waals surface area contributed by atoms with Gasteiger partial charge in [-0.3, -0.25) is 4.79 Å². The van der Waals surface area contributed by atoms with Crippen molar-refractivity contribution in [1.29, 1.82) is 0 Å². The second-order valence-electron chi connectivity index (χ2n) is 7.35. The number of nitrogens with one attached hydrogen (secondary N) is 1. The van der Waals surface area contributed by atoms with Gasteiger partial charge in [0.15, 0.2) is 5.82 Å². The third kappa shape index (κ3) is 4.38. The maximum Gasteiger partial charge on any atom is 0.224 e. The van der Waals surface area contributed by atoms with Gasteiger partial charge in [-0.2, -0.15) is 5.10 Å². The summed E-state index contributed by atoms with van der Waals surface area (Å²) in [5.41, 5.74) is 9.40. The van der Waals surface area contributed by atoms with E-state index in [0.717, 1.165) is 17.1 Å². The second-order valence-corrected chi connectivity index (χ2v) is 7.35. The molecule has 2 atom stereocenters. The number of nitrogens with two attached hydrogens (primary N) is 1.